The van der Waals surface area contributed by atoms with Crippen LogP contribution in [0.15, 0.2) is 0 Å². The van der Waals surface area contributed by atoms with Crippen molar-refractivity contribution in [1.29, 1.82) is 0 Å². The molecule has 0 aliphatic rings. The molecule has 0 rings (SSSR count). The first kappa shape index (κ1) is 15.2. The first-order chi connectivity index (χ1) is 7.72. The van der Waals surface area contributed by atoms with E-state index in [1.807, 2.05) is 0 Å². The van der Waals surface area contributed by atoms with Crippen LogP contribution in [0.5, 0.6) is 0 Å². The maximum absolute atomic E-state index is 11.9. The number of ether oxygens (including phenoxy) is 2. The largest absolute Gasteiger partial charge is 0.471 e. The van der Waals surface area contributed by atoms with E-state index in [4.69, 9.17) is 0 Å². The third-order valence-corrected chi connectivity index (χ3v) is 1.65. The highest BCUT2D eigenvalue weighted by Crippen LogP contribution is 2.15. The van der Waals surface area contributed by atoms with E-state index in [1.54, 1.807) is 0 Å². The van der Waals surface area contributed by atoms with Gasteiger partial charge in [0.05, 0.1) is 20.6 Å². The van der Waals surface area contributed by atoms with Crippen molar-refractivity contribution >= 4 is 17.8 Å². The zero-order chi connectivity index (χ0) is 13.6. The maximum atomic E-state index is 11.9. The van der Waals surface area contributed by atoms with Gasteiger partial charge in [0.15, 0.2) is 0 Å². The Balaban J connectivity index is 4.66. The molecule has 1 amide bonds. The van der Waals surface area contributed by atoms with E-state index < -0.39 is 36.5 Å². The smallest absolute Gasteiger partial charge is 0.469 e. The van der Waals surface area contributed by atoms with E-state index >= 15 is 0 Å². The summed E-state index contributed by atoms with van der Waals surface area (Å²) in [5.41, 5.74) is 0. The van der Waals surface area contributed by atoms with Gasteiger partial charge in [-0.25, -0.2) is 4.79 Å². The second-order valence-corrected chi connectivity index (χ2v) is 2.83. The molecule has 6 nitrogen and oxygen atoms in total. The SMILES string of the molecule is COC(=O)C[C@H](NC(=O)C(F)(F)F)C(=O)OC. The van der Waals surface area contributed by atoms with Crippen molar-refractivity contribution in [2.75, 3.05) is 14.2 Å². The minimum atomic E-state index is -5.15. The molecule has 0 saturated carbocycles. The molecule has 0 aliphatic carbocycles. The monoisotopic (exact) mass is 257 g/mol. The topological polar surface area (TPSA) is 81.7 Å². The number of nitrogens with one attached hydrogen (secondary N) is 1. The van der Waals surface area contributed by atoms with E-state index in [0.717, 1.165) is 14.2 Å². The molecular formula is C8H10F3NO5. The van der Waals surface area contributed by atoms with E-state index in [2.05, 4.69) is 9.47 Å². The average molecular weight is 257 g/mol. The highest BCUT2D eigenvalue weighted by atomic mass is 19.4. The molecule has 0 heterocycles. The summed E-state index contributed by atoms with van der Waals surface area (Å²) in [5, 5.41) is 1.33. The Kier molecular flexibility index (Phi) is 5.42. The molecule has 0 aromatic rings. The van der Waals surface area contributed by atoms with Crippen molar-refractivity contribution in [3.63, 3.8) is 0 Å². The first-order valence-corrected chi connectivity index (χ1v) is 4.24. The molecule has 17 heavy (non-hydrogen) atoms. The van der Waals surface area contributed by atoms with E-state index in [1.165, 1.54) is 5.32 Å². The average Bonchev–Trinajstić information content (AvgIpc) is 2.25. The van der Waals surface area contributed by atoms with Crippen molar-refractivity contribution in [3.05, 3.63) is 0 Å². The van der Waals surface area contributed by atoms with Gasteiger partial charge in [-0.2, -0.15) is 13.2 Å². The van der Waals surface area contributed by atoms with Crippen LogP contribution in [-0.2, 0) is 23.9 Å². The minimum absolute atomic E-state index is 0.745. The quantitative estimate of drug-likeness (QED) is 0.703. The fraction of sp³-hybridized carbons (Fsp3) is 0.625. The maximum Gasteiger partial charge on any atom is 0.471 e. The third-order valence-electron chi connectivity index (χ3n) is 1.65. The number of rotatable bonds is 4. The molecule has 1 atom stereocenters. The van der Waals surface area contributed by atoms with Crippen LogP contribution in [0.1, 0.15) is 6.42 Å². The lowest BCUT2D eigenvalue weighted by atomic mass is 10.2. The summed E-state index contributed by atoms with van der Waals surface area (Å²) in [7, 11) is 1.90. The molecule has 0 bridgehead atoms. The second kappa shape index (κ2) is 6.06. The number of amides is 1. The van der Waals surface area contributed by atoms with Crippen LogP contribution >= 0.6 is 0 Å². The lowest BCUT2D eigenvalue weighted by Gasteiger charge is -2.16. The van der Waals surface area contributed by atoms with Crippen molar-refractivity contribution in [1.82, 2.24) is 5.32 Å². The Morgan fingerprint density at radius 2 is 1.71 bits per heavy atom. The number of hydrogen-bond acceptors (Lipinski definition) is 5. The van der Waals surface area contributed by atoms with Gasteiger partial charge in [-0.3, -0.25) is 9.59 Å². The van der Waals surface area contributed by atoms with Crippen molar-refractivity contribution in [2.24, 2.45) is 0 Å². The molecule has 0 saturated heterocycles. The lowest BCUT2D eigenvalue weighted by molar-refractivity contribution is -0.176. The van der Waals surface area contributed by atoms with Crippen LogP contribution in [-0.4, -0.2) is 44.3 Å². The van der Waals surface area contributed by atoms with Crippen molar-refractivity contribution in [2.45, 2.75) is 18.6 Å². The summed E-state index contributed by atoms with van der Waals surface area (Å²) in [6.07, 6.45) is -5.90. The standard InChI is InChI=1S/C8H10F3NO5/c1-16-5(13)3-4(6(14)17-2)12-7(15)8(9,10)11/h4H,3H2,1-2H3,(H,12,15)/t4-/m0/s1. The molecule has 0 spiro atoms. The predicted molar refractivity (Wildman–Crippen MR) is 46.6 cm³/mol. The van der Waals surface area contributed by atoms with Gasteiger partial charge in [0.1, 0.15) is 6.04 Å². The molecule has 0 aromatic heterocycles. The van der Waals surface area contributed by atoms with E-state index in [9.17, 15) is 27.6 Å². The zero-order valence-corrected chi connectivity index (χ0v) is 8.96. The normalized spacial score (nSPS) is 12.5. The van der Waals surface area contributed by atoms with Crippen LogP contribution in [0.3, 0.4) is 0 Å². The van der Waals surface area contributed by atoms with Crippen LogP contribution in [0, 0.1) is 0 Å². The molecule has 9 heteroatoms. The Hall–Kier alpha value is -1.80. The summed E-state index contributed by atoms with van der Waals surface area (Å²) in [5.74, 6) is -4.47. The molecule has 0 unspecified atom stereocenters. The van der Waals surface area contributed by atoms with Crippen LogP contribution in [0.25, 0.3) is 0 Å². The molecule has 0 aromatic carbocycles. The zero-order valence-electron chi connectivity index (χ0n) is 8.96. The van der Waals surface area contributed by atoms with Gasteiger partial charge >= 0.3 is 24.0 Å². The number of esters is 2. The predicted octanol–water partition coefficient (Wildman–Crippen LogP) is -0.230. The van der Waals surface area contributed by atoms with Gasteiger partial charge in [-0.1, -0.05) is 0 Å². The molecular weight excluding hydrogens is 247 g/mol. The minimum Gasteiger partial charge on any atom is -0.469 e. The fourth-order valence-electron chi connectivity index (χ4n) is 0.826. The summed E-state index contributed by atoms with van der Waals surface area (Å²) in [4.78, 5) is 32.4. The Morgan fingerprint density at radius 1 is 1.18 bits per heavy atom. The van der Waals surface area contributed by atoms with Crippen LogP contribution < -0.4 is 5.32 Å². The Morgan fingerprint density at radius 3 is 2.06 bits per heavy atom. The fourth-order valence-corrected chi connectivity index (χ4v) is 0.826. The number of carbonyl (C=O) groups excluding carboxylic acids is 3. The summed E-state index contributed by atoms with van der Waals surface area (Å²) < 4.78 is 44.1. The van der Waals surface area contributed by atoms with Gasteiger partial charge in [0.25, 0.3) is 0 Å². The number of carbonyl (C=O) groups is 3. The lowest BCUT2D eigenvalue weighted by Crippen LogP contribution is -2.48. The summed E-state index contributed by atoms with van der Waals surface area (Å²) in [6, 6.07) is -1.73. The number of alkyl halides is 3. The van der Waals surface area contributed by atoms with Gasteiger partial charge < -0.3 is 14.8 Å². The highest BCUT2D eigenvalue weighted by molar-refractivity contribution is 5.90. The van der Waals surface area contributed by atoms with E-state index in [-0.39, 0.29) is 0 Å². The third kappa shape index (κ3) is 5.18. The summed E-state index contributed by atoms with van der Waals surface area (Å²) in [6.45, 7) is 0. The van der Waals surface area contributed by atoms with Crippen LogP contribution in [0.4, 0.5) is 13.2 Å². The number of hydrogen-bond donors (Lipinski definition) is 1. The van der Waals surface area contributed by atoms with Gasteiger partial charge in [0, 0.05) is 0 Å². The molecule has 98 valence electrons. The van der Waals surface area contributed by atoms with Crippen LogP contribution in [0.2, 0.25) is 0 Å². The number of halogens is 3. The molecule has 0 aliphatic heterocycles. The molecule has 0 fully saturated rings. The molecule has 0 radical (unpaired) electrons. The Labute approximate surface area is 94.1 Å². The van der Waals surface area contributed by atoms with Gasteiger partial charge in [-0.15, -0.1) is 0 Å². The Bertz CT molecular complexity index is 315. The van der Waals surface area contributed by atoms with E-state index in [0.29, 0.717) is 0 Å². The second-order valence-electron chi connectivity index (χ2n) is 2.83. The highest BCUT2D eigenvalue weighted by Gasteiger charge is 2.41. The van der Waals surface area contributed by atoms with Crippen molar-refractivity contribution < 1.29 is 37.0 Å². The van der Waals surface area contributed by atoms with Gasteiger partial charge in [0.2, 0.25) is 0 Å². The van der Waals surface area contributed by atoms with Gasteiger partial charge in [-0.05, 0) is 0 Å². The molecule has 1 N–H and O–H groups in total. The summed E-state index contributed by atoms with van der Waals surface area (Å²) >= 11 is 0. The van der Waals surface area contributed by atoms with Crippen molar-refractivity contribution in [3.8, 4) is 0 Å². The number of methoxy groups -OCH3 is 2. The first-order valence-electron chi connectivity index (χ1n) is 4.24.